The highest BCUT2D eigenvalue weighted by Gasteiger charge is 2.28. The van der Waals surface area contributed by atoms with Gasteiger partial charge in [0.25, 0.3) is 0 Å². The fourth-order valence-electron chi connectivity index (χ4n) is 2.97. The van der Waals surface area contributed by atoms with Crippen LogP contribution in [-0.2, 0) is 5.41 Å². The highest BCUT2D eigenvalue weighted by molar-refractivity contribution is 5.41. The van der Waals surface area contributed by atoms with Crippen molar-refractivity contribution < 1.29 is 0 Å². The van der Waals surface area contributed by atoms with E-state index in [0.717, 1.165) is 18.2 Å². The van der Waals surface area contributed by atoms with Crippen molar-refractivity contribution >= 4 is 5.69 Å². The van der Waals surface area contributed by atoms with Gasteiger partial charge in [-0.2, -0.15) is 0 Å². The zero-order chi connectivity index (χ0) is 13.2. The number of nitrogen functional groups attached to an aromatic ring is 1. The number of hydrogen-bond acceptors (Lipinski definition) is 2. The average molecular weight is 246 g/mol. The molecule has 2 N–H and O–H groups in total. The van der Waals surface area contributed by atoms with Gasteiger partial charge in [-0.15, -0.1) is 0 Å². The molecule has 2 nitrogen and oxygen atoms in total. The number of hydrogen-bond donors (Lipinski definition) is 1. The van der Waals surface area contributed by atoms with Crippen molar-refractivity contribution in [3.63, 3.8) is 0 Å². The molecule has 1 fully saturated rings. The van der Waals surface area contributed by atoms with Crippen LogP contribution in [0.5, 0.6) is 0 Å². The number of nitrogens with zero attached hydrogens (tertiary/aromatic N) is 1. The van der Waals surface area contributed by atoms with E-state index < -0.39 is 0 Å². The molecule has 1 aromatic rings. The molecule has 0 spiro atoms. The third-order valence-electron chi connectivity index (χ3n) is 4.26. The molecule has 1 aliphatic rings. The van der Waals surface area contributed by atoms with Crippen molar-refractivity contribution in [2.75, 3.05) is 25.4 Å². The van der Waals surface area contributed by atoms with Crippen LogP contribution in [0.4, 0.5) is 5.69 Å². The van der Waals surface area contributed by atoms with E-state index in [1.165, 1.54) is 31.5 Å². The largest absolute Gasteiger partial charge is 0.399 e. The maximum Gasteiger partial charge on any atom is 0.0314 e. The normalized spacial score (nSPS) is 21.4. The molecule has 1 unspecified atom stereocenters. The molecule has 18 heavy (non-hydrogen) atoms. The number of benzene rings is 1. The summed E-state index contributed by atoms with van der Waals surface area (Å²) in [5, 5.41) is 0. The molecule has 0 saturated carbocycles. The Kier molecular flexibility index (Phi) is 3.96. The lowest BCUT2D eigenvalue weighted by molar-refractivity contribution is 0.259. The van der Waals surface area contributed by atoms with Crippen molar-refractivity contribution in [1.82, 2.24) is 4.90 Å². The predicted molar refractivity (Wildman–Crippen MR) is 78.7 cm³/mol. The smallest absolute Gasteiger partial charge is 0.0314 e. The minimum Gasteiger partial charge on any atom is -0.399 e. The first kappa shape index (κ1) is 13.4. The standard InChI is InChI=1S/C16H26N2/c1-4-13-9-10-18(11-13)12-16(2,3)14-5-7-15(17)8-6-14/h5-8,13H,4,9-12,17H2,1-3H3. The molecule has 0 bridgehead atoms. The van der Waals surface area contributed by atoms with Gasteiger partial charge in [0.1, 0.15) is 0 Å². The van der Waals surface area contributed by atoms with Gasteiger partial charge in [0, 0.05) is 24.2 Å². The maximum atomic E-state index is 5.76. The van der Waals surface area contributed by atoms with Crippen LogP contribution in [0.2, 0.25) is 0 Å². The molecule has 0 radical (unpaired) electrons. The Labute approximate surface area is 111 Å². The molecular formula is C16H26N2. The fourth-order valence-corrected chi connectivity index (χ4v) is 2.97. The summed E-state index contributed by atoms with van der Waals surface area (Å²) in [7, 11) is 0. The fraction of sp³-hybridized carbons (Fsp3) is 0.625. The predicted octanol–water partition coefficient (Wildman–Crippen LogP) is 3.28. The summed E-state index contributed by atoms with van der Waals surface area (Å²) in [6, 6.07) is 8.36. The summed E-state index contributed by atoms with van der Waals surface area (Å²) in [4.78, 5) is 2.62. The molecule has 100 valence electrons. The van der Waals surface area contributed by atoms with E-state index in [-0.39, 0.29) is 5.41 Å². The summed E-state index contributed by atoms with van der Waals surface area (Å²) in [6.45, 7) is 10.6. The summed E-state index contributed by atoms with van der Waals surface area (Å²) >= 11 is 0. The van der Waals surface area contributed by atoms with Gasteiger partial charge in [0.2, 0.25) is 0 Å². The minimum atomic E-state index is 0.205. The van der Waals surface area contributed by atoms with E-state index in [1.807, 2.05) is 12.1 Å². The van der Waals surface area contributed by atoms with Crippen LogP contribution >= 0.6 is 0 Å². The molecular weight excluding hydrogens is 220 g/mol. The summed E-state index contributed by atoms with van der Waals surface area (Å²) < 4.78 is 0. The average Bonchev–Trinajstić information content (AvgIpc) is 2.76. The van der Waals surface area contributed by atoms with Gasteiger partial charge in [0.05, 0.1) is 0 Å². The molecule has 1 aliphatic heterocycles. The Bertz CT molecular complexity index is 381. The minimum absolute atomic E-state index is 0.205. The van der Waals surface area contributed by atoms with Gasteiger partial charge >= 0.3 is 0 Å². The second-order valence-corrected chi connectivity index (χ2v) is 6.30. The first-order valence-corrected chi connectivity index (χ1v) is 7.09. The Morgan fingerprint density at radius 2 is 1.94 bits per heavy atom. The molecule has 2 heteroatoms. The van der Waals surface area contributed by atoms with E-state index in [0.29, 0.717) is 0 Å². The number of likely N-dealkylation sites (tertiary alicyclic amines) is 1. The molecule has 1 aromatic carbocycles. The van der Waals surface area contributed by atoms with Crippen LogP contribution in [-0.4, -0.2) is 24.5 Å². The van der Waals surface area contributed by atoms with Gasteiger partial charge in [-0.1, -0.05) is 39.3 Å². The molecule has 0 amide bonds. The molecule has 2 rings (SSSR count). The second kappa shape index (κ2) is 5.31. The SMILES string of the molecule is CCC1CCN(CC(C)(C)c2ccc(N)cc2)C1. The van der Waals surface area contributed by atoms with Gasteiger partial charge in [-0.3, -0.25) is 0 Å². The molecule has 1 saturated heterocycles. The van der Waals surface area contributed by atoms with E-state index in [2.05, 4.69) is 37.8 Å². The van der Waals surface area contributed by atoms with Crippen molar-refractivity contribution in [3.8, 4) is 0 Å². The first-order valence-electron chi connectivity index (χ1n) is 7.09. The van der Waals surface area contributed by atoms with E-state index >= 15 is 0 Å². The molecule has 0 aliphatic carbocycles. The molecule has 1 heterocycles. The van der Waals surface area contributed by atoms with Gasteiger partial charge in [-0.05, 0) is 36.6 Å². The van der Waals surface area contributed by atoms with E-state index in [9.17, 15) is 0 Å². The highest BCUT2D eigenvalue weighted by atomic mass is 15.1. The highest BCUT2D eigenvalue weighted by Crippen LogP contribution is 2.28. The van der Waals surface area contributed by atoms with E-state index in [1.54, 1.807) is 0 Å². The zero-order valence-electron chi connectivity index (χ0n) is 11.9. The summed E-state index contributed by atoms with van der Waals surface area (Å²) in [5.74, 6) is 0.909. The van der Waals surface area contributed by atoms with Crippen molar-refractivity contribution in [2.24, 2.45) is 5.92 Å². The Morgan fingerprint density at radius 1 is 1.28 bits per heavy atom. The van der Waals surface area contributed by atoms with Crippen molar-refractivity contribution in [3.05, 3.63) is 29.8 Å². The number of nitrogens with two attached hydrogens (primary N) is 1. The monoisotopic (exact) mass is 246 g/mol. The third kappa shape index (κ3) is 3.05. The lowest BCUT2D eigenvalue weighted by Gasteiger charge is -2.31. The van der Waals surface area contributed by atoms with Crippen molar-refractivity contribution in [1.29, 1.82) is 0 Å². The quantitative estimate of drug-likeness (QED) is 0.826. The first-order chi connectivity index (χ1) is 8.51. The zero-order valence-corrected chi connectivity index (χ0v) is 11.9. The molecule has 0 aromatic heterocycles. The maximum absolute atomic E-state index is 5.76. The third-order valence-corrected chi connectivity index (χ3v) is 4.26. The Balaban J connectivity index is 2.01. The van der Waals surface area contributed by atoms with Crippen LogP contribution < -0.4 is 5.73 Å². The van der Waals surface area contributed by atoms with Gasteiger partial charge < -0.3 is 10.6 Å². The van der Waals surface area contributed by atoms with Crippen molar-refractivity contribution in [2.45, 2.75) is 39.0 Å². The Hall–Kier alpha value is -1.02. The van der Waals surface area contributed by atoms with Crippen LogP contribution in [0.25, 0.3) is 0 Å². The summed E-state index contributed by atoms with van der Waals surface area (Å²) in [6.07, 6.45) is 2.69. The van der Waals surface area contributed by atoms with E-state index in [4.69, 9.17) is 5.73 Å². The number of anilines is 1. The van der Waals surface area contributed by atoms with Crippen LogP contribution in [0.15, 0.2) is 24.3 Å². The van der Waals surface area contributed by atoms with Gasteiger partial charge in [-0.25, -0.2) is 0 Å². The van der Waals surface area contributed by atoms with Crippen LogP contribution in [0.1, 0.15) is 39.2 Å². The second-order valence-electron chi connectivity index (χ2n) is 6.30. The van der Waals surface area contributed by atoms with Gasteiger partial charge in [0.15, 0.2) is 0 Å². The number of rotatable bonds is 4. The molecule has 1 atom stereocenters. The summed E-state index contributed by atoms with van der Waals surface area (Å²) in [5.41, 5.74) is 8.20. The Morgan fingerprint density at radius 3 is 2.50 bits per heavy atom. The topological polar surface area (TPSA) is 29.3 Å². The van der Waals surface area contributed by atoms with Crippen LogP contribution in [0.3, 0.4) is 0 Å². The van der Waals surface area contributed by atoms with Crippen LogP contribution in [0, 0.1) is 5.92 Å². The lowest BCUT2D eigenvalue weighted by Crippen LogP contribution is -2.35. The lowest BCUT2D eigenvalue weighted by atomic mass is 9.84.